The monoisotopic (exact) mass is 375 g/mol. The first kappa shape index (κ1) is 18.7. The summed E-state index contributed by atoms with van der Waals surface area (Å²) >= 11 is 0. The van der Waals surface area contributed by atoms with E-state index >= 15 is 0 Å². The molecule has 3 fully saturated rings. The minimum Gasteiger partial charge on any atom is -0.299 e. The van der Waals surface area contributed by atoms with Gasteiger partial charge in [0.25, 0.3) is 0 Å². The summed E-state index contributed by atoms with van der Waals surface area (Å²) in [6.45, 7) is 1.98. The number of ketones is 1. The second kappa shape index (κ2) is 7.67. The summed E-state index contributed by atoms with van der Waals surface area (Å²) in [5, 5.41) is 0.414. The van der Waals surface area contributed by atoms with E-state index < -0.39 is 14.7 Å². The maximum atomic E-state index is 12.3. The molecule has 1 N–H and O–H groups in total. The zero-order chi connectivity index (χ0) is 17.3. The molecule has 0 aliphatic heterocycles. The molecule has 3 aliphatic carbocycles. The first-order chi connectivity index (χ1) is 11.4. The lowest BCUT2D eigenvalue weighted by atomic mass is 9.89. The summed E-state index contributed by atoms with van der Waals surface area (Å²) in [6.07, 6.45) is 9.75. The van der Waals surface area contributed by atoms with Gasteiger partial charge < -0.3 is 0 Å². The van der Waals surface area contributed by atoms with E-state index in [4.69, 9.17) is 0 Å². The Bertz CT molecular complexity index is 559. The van der Waals surface area contributed by atoms with Crippen molar-refractivity contribution in [2.45, 2.75) is 81.0 Å². The van der Waals surface area contributed by atoms with Gasteiger partial charge in [-0.25, -0.2) is 0 Å². The van der Waals surface area contributed by atoms with Gasteiger partial charge in [-0.1, -0.05) is 19.8 Å². The lowest BCUT2D eigenvalue weighted by Gasteiger charge is -2.30. The molecule has 0 aromatic rings. The highest BCUT2D eigenvalue weighted by Crippen LogP contribution is 2.50. The number of fused-ring (bicyclic) bond motifs is 2. The Balaban J connectivity index is 1.83. The molecule has 4 nitrogen and oxygen atoms in total. The molecule has 0 amide bonds. The molecule has 24 heavy (non-hydrogen) atoms. The van der Waals surface area contributed by atoms with Gasteiger partial charge in [-0.15, -0.1) is 0 Å². The van der Waals surface area contributed by atoms with Crippen LogP contribution in [0.3, 0.4) is 0 Å². The summed E-state index contributed by atoms with van der Waals surface area (Å²) in [5.41, 5.74) is 0. The van der Waals surface area contributed by atoms with Crippen molar-refractivity contribution < 1.29 is 17.8 Å². The maximum absolute atomic E-state index is 12.3. The van der Waals surface area contributed by atoms with Crippen LogP contribution in [0.25, 0.3) is 0 Å². The lowest BCUT2D eigenvalue weighted by molar-refractivity contribution is -0.123. The lowest BCUT2D eigenvalue weighted by Crippen LogP contribution is -2.44. The third kappa shape index (κ3) is 4.01. The summed E-state index contributed by atoms with van der Waals surface area (Å²) in [6, 6.07) is 0. The standard InChI is InChI=1S/C18H30O4S2/c1-2-5-18(24(20,21)22)23(12-15-6-3-4-7-16(15)19)17-11-13-8-9-14(17)10-13/h13-15,17-18H,2-12H2,1H3/p+1. The van der Waals surface area contributed by atoms with Gasteiger partial charge in [-0.2, -0.15) is 8.42 Å². The van der Waals surface area contributed by atoms with Gasteiger partial charge in [0, 0.05) is 29.7 Å². The molecule has 6 heteroatoms. The Labute approximate surface area is 149 Å². The molecule has 3 rings (SSSR count). The molecule has 0 aromatic heterocycles. The van der Waals surface area contributed by atoms with E-state index in [0.717, 1.165) is 38.0 Å². The first-order valence-electron chi connectivity index (χ1n) is 9.57. The highest BCUT2D eigenvalue weighted by molar-refractivity contribution is 8.10. The van der Waals surface area contributed by atoms with E-state index in [1.807, 2.05) is 6.92 Å². The van der Waals surface area contributed by atoms with Gasteiger partial charge in [-0.05, 0) is 44.4 Å². The predicted octanol–water partition coefficient (Wildman–Crippen LogP) is 3.57. The summed E-state index contributed by atoms with van der Waals surface area (Å²) < 4.78 is 33.5. The van der Waals surface area contributed by atoms with Crippen molar-refractivity contribution in [3.8, 4) is 0 Å². The fourth-order valence-electron chi connectivity index (χ4n) is 5.14. The van der Waals surface area contributed by atoms with E-state index in [1.54, 1.807) is 0 Å². The van der Waals surface area contributed by atoms with E-state index in [0.29, 0.717) is 35.5 Å². The van der Waals surface area contributed by atoms with Crippen LogP contribution >= 0.6 is 0 Å². The van der Waals surface area contributed by atoms with Gasteiger partial charge >= 0.3 is 10.1 Å². The highest BCUT2D eigenvalue weighted by Gasteiger charge is 2.55. The normalized spacial score (nSPS) is 36.0. The highest BCUT2D eigenvalue weighted by atomic mass is 32.3. The van der Waals surface area contributed by atoms with Crippen LogP contribution in [0.4, 0.5) is 0 Å². The minimum atomic E-state index is -4.05. The second-order valence-corrected chi connectivity index (χ2v) is 12.3. The molecule has 6 unspecified atom stereocenters. The third-order valence-electron chi connectivity index (χ3n) is 6.33. The molecule has 0 spiro atoms. The smallest absolute Gasteiger partial charge is 0.299 e. The Kier molecular flexibility index (Phi) is 5.98. The fourth-order valence-corrected chi connectivity index (χ4v) is 11.1. The van der Waals surface area contributed by atoms with Crippen LogP contribution in [0.1, 0.15) is 71.1 Å². The van der Waals surface area contributed by atoms with E-state index in [1.165, 1.54) is 19.3 Å². The fraction of sp³-hybridized carbons (Fsp3) is 0.944. The number of hydrogen-bond acceptors (Lipinski definition) is 3. The molecular formula is C18H31O4S2+. The van der Waals surface area contributed by atoms with Crippen molar-refractivity contribution in [2.24, 2.45) is 17.8 Å². The van der Waals surface area contributed by atoms with Crippen LogP contribution in [0.5, 0.6) is 0 Å². The van der Waals surface area contributed by atoms with Crippen molar-refractivity contribution >= 4 is 26.8 Å². The van der Waals surface area contributed by atoms with Gasteiger partial charge in [-0.3, -0.25) is 9.35 Å². The number of carbonyl (C=O) groups is 1. The quantitative estimate of drug-likeness (QED) is 0.545. The van der Waals surface area contributed by atoms with Gasteiger partial charge in [0.05, 0.1) is 5.92 Å². The van der Waals surface area contributed by atoms with Crippen LogP contribution in [0, 0.1) is 17.8 Å². The molecule has 2 bridgehead atoms. The molecule has 0 heterocycles. The molecule has 3 saturated carbocycles. The second-order valence-electron chi connectivity index (χ2n) is 7.99. The zero-order valence-corrected chi connectivity index (χ0v) is 16.3. The Morgan fingerprint density at radius 3 is 2.54 bits per heavy atom. The molecule has 0 saturated heterocycles. The number of rotatable bonds is 7. The average Bonchev–Trinajstić information content (AvgIpc) is 3.14. The predicted molar refractivity (Wildman–Crippen MR) is 98.7 cm³/mol. The molecule has 0 radical (unpaired) electrons. The largest absolute Gasteiger partial charge is 0.314 e. The van der Waals surface area contributed by atoms with E-state index in [9.17, 15) is 17.8 Å². The van der Waals surface area contributed by atoms with Crippen LogP contribution in [-0.4, -0.2) is 34.3 Å². The van der Waals surface area contributed by atoms with Crippen molar-refractivity contribution in [3.63, 3.8) is 0 Å². The number of hydrogen-bond donors (Lipinski definition) is 1. The summed E-state index contributed by atoms with van der Waals surface area (Å²) in [4.78, 5) is 12.3. The van der Waals surface area contributed by atoms with Crippen LogP contribution in [-0.2, 0) is 25.8 Å². The molecule has 138 valence electrons. The first-order valence-corrected chi connectivity index (χ1v) is 12.6. The average molecular weight is 376 g/mol. The minimum absolute atomic E-state index is 0.0299. The van der Waals surface area contributed by atoms with Crippen molar-refractivity contribution in [2.75, 3.05) is 5.75 Å². The molecular weight excluding hydrogens is 344 g/mol. The van der Waals surface area contributed by atoms with E-state index in [2.05, 4.69) is 0 Å². The van der Waals surface area contributed by atoms with Crippen LogP contribution in [0.15, 0.2) is 0 Å². The zero-order valence-electron chi connectivity index (χ0n) is 14.7. The Morgan fingerprint density at radius 1 is 1.21 bits per heavy atom. The molecule has 6 atom stereocenters. The summed E-state index contributed by atoms with van der Waals surface area (Å²) in [7, 11) is -4.43. The van der Waals surface area contributed by atoms with Crippen molar-refractivity contribution in [1.82, 2.24) is 0 Å². The van der Waals surface area contributed by atoms with Crippen LogP contribution < -0.4 is 0 Å². The van der Waals surface area contributed by atoms with Gasteiger partial charge in [0.2, 0.25) is 4.58 Å². The third-order valence-corrected chi connectivity index (χ3v) is 11.8. The molecule has 3 aliphatic rings. The Hall–Kier alpha value is -0.0700. The van der Waals surface area contributed by atoms with Crippen molar-refractivity contribution in [3.05, 3.63) is 0 Å². The number of Topliss-reactive ketones (excluding diaryl/α,β-unsaturated/α-hetero) is 1. The number of carbonyl (C=O) groups excluding carboxylic acids is 1. The topological polar surface area (TPSA) is 71.4 Å². The Morgan fingerprint density at radius 2 is 2.00 bits per heavy atom. The SMILES string of the molecule is CCCC([S+](CC1CCCCC1=O)C1CC2CCC1C2)S(=O)(=O)O. The molecule has 0 aromatic carbocycles. The van der Waals surface area contributed by atoms with E-state index in [-0.39, 0.29) is 16.8 Å². The van der Waals surface area contributed by atoms with Gasteiger partial charge in [0.15, 0.2) is 0 Å². The van der Waals surface area contributed by atoms with Crippen molar-refractivity contribution in [1.29, 1.82) is 0 Å². The maximum Gasteiger partial charge on any atom is 0.314 e. The van der Waals surface area contributed by atoms with Gasteiger partial charge in [0.1, 0.15) is 16.8 Å². The summed E-state index contributed by atoms with van der Waals surface area (Å²) in [5.74, 6) is 2.44. The van der Waals surface area contributed by atoms with Crippen LogP contribution in [0.2, 0.25) is 0 Å².